The molecule has 14 heavy (non-hydrogen) atoms. The van der Waals surface area contributed by atoms with Gasteiger partial charge in [0.1, 0.15) is 0 Å². The summed E-state index contributed by atoms with van der Waals surface area (Å²) in [6.07, 6.45) is -2.33. The normalized spacial score (nSPS) is 5.14. The van der Waals surface area contributed by atoms with Gasteiger partial charge in [-0.1, -0.05) is 0 Å². The Bertz CT molecular complexity index is 118. The Morgan fingerprint density at radius 2 is 0.786 bits per heavy atom. The first kappa shape index (κ1) is 29.4. The summed E-state index contributed by atoms with van der Waals surface area (Å²) in [5, 5.41) is 46.2. The zero-order valence-electron chi connectivity index (χ0n) is 6.48. The maximum absolute atomic E-state index is 8.33. The first-order valence-corrected chi connectivity index (χ1v) is 1.71. The Morgan fingerprint density at radius 1 is 0.786 bits per heavy atom. The van der Waals surface area contributed by atoms with Gasteiger partial charge in [0.05, 0.1) is 10.2 Å². The second-order valence-electron chi connectivity index (χ2n) is 0.697. The molecule has 0 unspecified atom stereocenters. The molecule has 0 rings (SSSR count). The molecule has 0 saturated carbocycles. The van der Waals surface area contributed by atoms with Crippen LogP contribution in [0.1, 0.15) is 0 Å². The van der Waals surface area contributed by atoms with Crippen LogP contribution in [0, 0.1) is 30.6 Å². The molecule has 0 bridgehead atoms. The Balaban J connectivity index is -0.0000000270. The fourth-order valence-corrected chi connectivity index (χ4v) is 0. The molecular weight excluding hydrogens is 459 g/mol. The van der Waals surface area contributed by atoms with Gasteiger partial charge >= 0.3 is 97.8 Å². The van der Waals surface area contributed by atoms with Crippen LogP contribution in [0.2, 0.25) is 0 Å². The van der Waals surface area contributed by atoms with Crippen LogP contribution in [0.4, 0.5) is 4.79 Å². The molecule has 0 fully saturated rings. The number of carboxylic acid groups (broad SMARTS) is 2. The molecule has 0 saturated heterocycles. The van der Waals surface area contributed by atoms with Crippen molar-refractivity contribution >= 4 is 104 Å². The minimum Gasteiger partial charge on any atom is -0.652 e. The van der Waals surface area contributed by atoms with Gasteiger partial charge in [-0.3, -0.25) is 0 Å². The van der Waals surface area contributed by atoms with Gasteiger partial charge in [0, 0.05) is 0 Å². The van der Waals surface area contributed by atoms with E-state index in [4.69, 9.17) is 45.7 Å². The van der Waals surface area contributed by atoms with Crippen molar-refractivity contribution in [2.45, 2.75) is 0 Å². The van der Waals surface area contributed by atoms with Gasteiger partial charge in [0.15, 0.2) is 0 Å². The smallest absolute Gasteiger partial charge is 0.652 e. The fourth-order valence-electron chi connectivity index (χ4n) is 0. The van der Waals surface area contributed by atoms with Crippen molar-refractivity contribution in [2.24, 2.45) is 0 Å². The Hall–Kier alpha value is 0.813. The average molecular weight is 459 g/mol. The predicted octanol–water partition coefficient (Wildman–Crippen LogP) is -3.69. The number of hydrogen-bond acceptors (Lipinski definition) is 9. The predicted molar refractivity (Wildman–Crippen MR) is 37.6 cm³/mol. The molecule has 0 aliphatic rings. The van der Waals surface area contributed by atoms with Crippen LogP contribution < -0.4 is 10.2 Å². The molecule has 0 heterocycles. The van der Waals surface area contributed by atoms with Crippen molar-refractivity contribution < 1.29 is 25.2 Å². The maximum atomic E-state index is 8.33. The average Bonchev–Trinajstić information content (AvgIpc) is 1.54. The molecule has 0 amide bonds. The van der Waals surface area contributed by atoms with E-state index in [0.29, 0.717) is 0 Å². The van der Waals surface area contributed by atoms with Crippen LogP contribution in [0.25, 0.3) is 0 Å². The molecule has 0 N–H and O–H groups in total. The third-order valence-electron chi connectivity index (χ3n) is 0. The van der Waals surface area contributed by atoms with Crippen LogP contribution in [0.5, 0.6) is 0 Å². The van der Waals surface area contributed by atoms with Gasteiger partial charge in [0.25, 0.3) is 0 Å². The van der Waals surface area contributed by atoms with Gasteiger partial charge < -0.3 is 45.7 Å². The summed E-state index contributed by atoms with van der Waals surface area (Å²) in [4.78, 5) is 24.8. The minimum atomic E-state index is -2.33. The van der Waals surface area contributed by atoms with E-state index in [-0.39, 0.29) is 97.8 Å². The van der Waals surface area contributed by atoms with E-state index >= 15 is 0 Å². The van der Waals surface area contributed by atoms with E-state index < -0.39 is 16.3 Å². The van der Waals surface area contributed by atoms with Gasteiger partial charge in [-0.2, -0.15) is 0 Å². The summed E-state index contributed by atoms with van der Waals surface area (Å²) in [6, 6.07) is 0. The van der Waals surface area contributed by atoms with Crippen LogP contribution in [-0.4, -0.2) is 114 Å². The molecule has 0 atom stereocenters. The monoisotopic (exact) mass is 460 g/mol. The molecule has 13 heteroatoms. The molecule has 0 spiro atoms. The Kier molecular flexibility index (Phi) is 49.4. The van der Waals surface area contributed by atoms with E-state index in [9.17, 15) is 0 Å². The second kappa shape index (κ2) is 23.5. The van der Waals surface area contributed by atoms with Gasteiger partial charge in [-0.05, 0) is 6.16 Å². The van der Waals surface area contributed by atoms with Gasteiger partial charge in [-0.15, -0.1) is 0 Å². The van der Waals surface area contributed by atoms with E-state index in [0.717, 1.165) is 0 Å². The van der Waals surface area contributed by atoms with Crippen molar-refractivity contribution in [3.05, 3.63) is 30.6 Å². The van der Waals surface area contributed by atoms with Crippen LogP contribution >= 0.6 is 0 Å². The van der Waals surface area contributed by atoms with Crippen LogP contribution in [-0.2, 0) is 0 Å². The molecule has 11 nitrogen and oxygen atoms in total. The summed E-state index contributed by atoms with van der Waals surface area (Å²) in [7, 11) is 0. The molecule has 0 aromatic rings. The van der Waals surface area contributed by atoms with Gasteiger partial charge in [-0.25, -0.2) is 0 Å². The Morgan fingerprint density at radius 3 is 0.786 bits per heavy atom. The van der Waals surface area contributed by atoms with Crippen molar-refractivity contribution in [3.63, 3.8) is 0 Å². The maximum Gasteiger partial charge on any atom is 2.00 e. The Labute approximate surface area is 156 Å². The number of carbonyl (C=O) groups is 1. The SMILES string of the molecule is O=C([O-])[O-].O=[N+]([O-])[O-].O=[N+]([O-])[O-].[Ba+2].[Ba+2]. The zero-order chi connectivity index (χ0) is 10.7. The van der Waals surface area contributed by atoms with Crippen molar-refractivity contribution in [2.75, 3.05) is 0 Å². The van der Waals surface area contributed by atoms with Crippen molar-refractivity contribution in [1.82, 2.24) is 0 Å². The molecule has 0 radical (unpaired) electrons. The summed E-state index contributed by atoms with van der Waals surface area (Å²) in [6.45, 7) is 0. The van der Waals surface area contributed by atoms with E-state index in [2.05, 4.69) is 0 Å². The second-order valence-corrected chi connectivity index (χ2v) is 0.697. The van der Waals surface area contributed by atoms with Crippen LogP contribution in [0.15, 0.2) is 0 Å². The summed E-state index contributed by atoms with van der Waals surface area (Å²) in [5.74, 6) is 0. The fraction of sp³-hybridized carbons (Fsp3) is 0. The van der Waals surface area contributed by atoms with Crippen molar-refractivity contribution in [1.29, 1.82) is 0 Å². The third-order valence-corrected chi connectivity index (χ3v) is 0. The zero-order valence-corrected chi connectivity index (χ0v) is 15.4. The summed E-state index contributed by atoms with van der Waals surface area (Å²) >= 11 is 0. The standard InChI is InChI=1S/CH2O3.2Ba.2NO3/c2-1(3)4;;;2*2-1(3)4/h(H2,2,3,4);;;;/q;2*+2;2*-1/p-2. The van der Waals surface area contributed by atoms with E-state index in [1.165, 1.54) is 0 Å². The topological polar surface area (TPSA) is 196 Å². The minimum absolute atomic E-state index is 0. The van der Waals surface area contributed by atoms with E-state index in [1.54, 1.807) is 0 Å². The molecule has 0 aliphatic heterocycles. The molecule has 0 aromatic carbocycles. The molecule has 0 aliphatic carbocycles. The summed E-state index contributed by atoms with van der Waals surface area (Å²) in [5.41, 5.74) is 0. The molecule has 72 valence electrons. The largest absolute Gasteiger partial charge is 2.00 e. The van der Waals surface area contributed by atoms with Crippen molar-refractivity contribution in [3.8, 4) is 0 Å². The summed E-state index contributed by atoms with van der Waals surface area (Å²) < 4.78 is 0. The molecular formula is CBa2N2O9. The molecule has 0 aromatic heterocycles. The quantitative estimate of drug-likeness (QED) is 0.199. The number of hydrogen-bond donors (Lipinski definition) is 0. The first-order chi connectivity index (χ1) is 5.20. The number of carbonyl (C=O) groups excluding carboxylic acids is 1. The third kappa shape index (κ3) is 2710. The first-order valence-electron chi connectivity index (χ1n) is 1.71. The number of nitrogens with zero attached hydrogens (tertiary/aromatic N) is 2. The van der Waals surface area contributed by atoms with Gasteiger partial charge in [0.2, 0.25) is 0 Å². The van der Waals surface area contributed by atoms with Crippen LogP contribution in [0.3, 0.4) is 0 Å². The number of rotatable bonds is 0. The van der Waals surface area contributed by atoms with E-state index in [1.807, 2.05) is 0 Å².